The van der Waals surface area contributed by atoms with Crippen LogP contribution in [0.4, 0.5) is 22.7 Å². The molecule has 0 atom stereocenters. The zero-order valence-corrected chi connectivity index (χ0v) is 16.0. The lowest BCUT2D eigenvalue weighted by Crippen LogP contribution is -2.35. The highest BCUT2D eigenvalue weighted by Gasteiger charge is 2.28. The van der Waals surface area contributed by atoms with E-state index in [1.165, 1.54) is 33.8 Å². The van der Waals surface area contributed by atoms with Gasteiger partial charge in [0.1, 0.15) is 17.6 Å². The maximum atomic E-state index is 4.98. The Balaban J connectivity index is 1.86. The summed E-state index contributed by atoms with van der Waals surface area (Å²) < 4.78 is 2.36. The van der Waals surface area contributed by atoms with Crippen LogP contribution in [-0.4, -0.2) is 18.6 Å². The predicted molar refractivity (Wildman–Crippen MR) is 112 cm³/mol. The van der Waals surface area contributed by atoms with Gasteiger partial charge in [0.05, 0.1) is 22.7 Å². The second-order valence-electron chi connectivity index (χ2n) is 6.97. The minimum Gasteiger partial charge on any atom is -0.341 e. The molecule has 2 heterocycles. The van der Waals surface area contributed by atoms with Gasteiger partial charge >= 0.3 is 0 Å². The Hall–Kier alpha value is -3.14. The summed E-state index contributed by atoms with van der Waals surface area (Å²) >= 11 is 0. The monoisotopic (exact) mass is 355 g/mol. The van der Waals surface area contributed by atoms with Gasteiger partial charge in [0, 0.05) is 25.7 Å². The third kappa shape index (κ3) is 2.23. The lowest BCUT2D eigenvalue weighted by molar-refractivity contribution is -0.641. The minimum absolute atomic E-state index is 0.913. The molecule has 1 aliphatic heterocycles. The third-order valence-electron chi connectivity index (χ3n) is 5.59. The first-order valence-electron chi connectivity index (χ1n) is 9.59. The number of hydrogen-bond acceptors (Lipinski definition) is 3. The lowest BCUT2D eigenvalue weighted by Gasteiger charge is -2.37. The molecule has 27 heavy (non-hydrogen) atoms. The predicted octanol–water partition coefficient (Wildman–Crippen LogP) is 4.93. The third-order valence-corrected chi connectivity index (χ3v) is 5.59. The van der Waals surface area contributed by atoms with E-state index in [9.17, 15) is 0 Å². The largest absolute Gasteiger partial charge is 0.341 e. The number of fused-ring (bicyclic) bond motifs is 4. The van der Waals surface area contributed by atoms with Gasteiger partial charge in [-0.05, 0) is 38.1 Å². The topological polar surface area (TPSA) is 23.2 Å². The molecule has 3 aromatic carbocycles. The van der Waals surface area contributed by atoms with Gasteiger partial charge < -0.3 is 9.80 Å². The quantitative estimate of drug-likeness (QED) is 0.376. The lowest BCUT2D eigenvalue weighted by atomic mass is 10.1. The van der Waals surface area contributed by atoms with E-state index in [1.54, 1.807) is 0 Å². The first-order valence-corrected chi connectivity index (χ1v) is 9.59. The van der Waals surface area contributed by atoms with Crippen LogP contribution in [0.1, 0.15) is 13.8 Å². The Morgan fingerprint density at radius 2 is 1.52 bits per heavy atom. The van der Waals surface area contributed by atoms with Gasteiger partial charge in [-0.2, -0.15) is 4.57 Å². The van der Waals surface area contributed by atoms with Gasteiger partial charge in [-0.15, -0.1) is 0 Å². The average Bonchev–Trinajstić information content (AvgIpc) is 2.71. The zero-order valence-electron chi connectivity index (χ0n) is 16.0. The number of nitrogens with zero attached hydrogens (tertiary/aromatic N) is 4. The Morgan fingerprint density at radius 1 is 0.778 bits per heavy atom. The van der Waals surface area contributed by atoms with Crippen molar-refractivity contribution in [3.8, 4) is 0 Å². The van der Waals surface area contributed by atoms with Crippen LogP contribution in [-0.2, 0) is 6.54 Å². The molecule has 4 heteroatoms. The standard InChI is InChI=1S/C23H23N4/c1-4-26-18-11-7-6-10-16(18)24-17-14-23-22(15-21(17)26)25(3)19-12-8-9-13-20(19)27(23)5-2/h6-15H,4-5H2,1-3H3/q+1. The Morgan fingerprint density at radius 3 is 2.30 bits per heavy atom. The maximum absolute atomic E-state index is 4.98. The van der Waals surface area contributed by atoms with Crippen molar-refractivity contribution in [2.24, 2.45) is 0 Å². The number of para-hydroxylation sites is 4. The van der Waals surface area contributed by atoms with Crippen molar-refractivity contribution in [3.63, 3.8) is 0 Å². The molecule has 0 N–H and O–H groups in total. The van der Waals surface area contributed by atoms with Crippen LogP contribution < -0.4 is 14.4 Å². The summed E-state index contributed by atoms with van der Waals surface area (Å²) in [6.45, 7) is 6.24. The van der Waals surface area contributed by atoms with Crippen LogP contribution in [0.25, 0.3) is 22.1 Å². The highest BCUT2D eigenvalue weighted by molar-refractivity contribution is 5.98. The van der Waals surface area contributed by atoms with E-state index in [1.807, 2.05) is 0 Å². The van der Waals surface area contributed by atoms with Crippen LogP contribution in [0.5, 0.6) is 0 Å². The van der Waals surface area contributed by atoms with Crippen molar-refractivity contribution in [1.29, 1.82) is 0 Å². The second-order valence-corrected chi connectivity index (χ2v) is 6.97. The molecule has 5 rings (SSSR count). The molecular formula is C23H23N4+. The molecule has 0 radical (unpaired) electrons. The van der Waals surface area contributed by atoms with Crippen LogP contribution in [0.15, 0.2) is 60.7 Å². The van der Waals surface area contributed by atoms with Crippen molar-refractivity contribution in [2.45, 2.75) is 20.4 Å². The molecule has 0 saturated carbocycles. The van der Waals surface area contributed by atoms with E-state index in [4.69, 9.17) is 4.98 Å². The fraction of sp³-hybridized carbons (Fsp3) is 0.217. The van der Waals surface area contributed by atoms with Gasteiger partial charge in [-0.3, -0.25) is 0 Å². The van der Waals surface area contributed by atoms with Crippen molar-refractivity contribution in [1.82, 2.24) is 4.98 Å². The molecule has 4 aromatic rings. The number of hydrogen-bond donors (Lipinski definition) is 0. The van der Waals surface area contributed by atoms with E-state index < -0.39 is 0 Å². The summed E-state index contributed by atoms with van der Waals surface area (Å²) in [6, 6.07) is 21.5. The molecule has 1 aromatic heterocycles. The first kappa shape index (κ1) is 16.1. The van der Waals surface area contributed by atoms with Crippen molar-refractivity contribution < 1.29 is 4.57 Å². The van der Waals surface area contributed by atoms with Crippen molar-refractivity contribution >= 4 is 44.8 Å². The van der Waals surface area contributed by atoms with E-state index >= 15 is 0 Å². The number of rotatable bonds is 2. The van der Waals surface area contributed by atoms with Crippen LogP contribution >= 0.6 is 0 Å². The maximum Gasteiger partial charge on any atom is 0.233 e. The molecule has 0 fully saturated rings. The molecule has 0 bridgehead atoms. The summed E-state index contributed by atoms with van der Waals surface area (Å²) in [7, 11) is 2.15. The summed E-state index contributed by atoms with van der Waals surface area (Å²) in [5, 5.41) is 0. The van der Waals surface area contributed by atoms with Crippen LogP contribution in [0, 0.1) is 0 Å². The molecular weight excluding hydrogens is 332 g/mol. The van der Waals surface area contributed by atoms with Gasteiger partial charge in [-0.25, -0.2) is 4.98 Å². The molecule has 0 amide bonds. The van der Waals surface area contributed by atoms with Crippen LogP contribution in [0.2, 0.25) is 0 Å². The number of benzene rings is 3. The molecule has 0 aliphatic carbocycles. The number of aromatic nitrogens is 2. The normalized spacial score (nSPS) is 13.1. The Kier molecular flexibility index (Phi) is 3.54. The minimum atomic E-state index is 0.913. The van der Waals surface area contributed by atoms with Gasteiger partial charge in [-0.1, -0.05) is 24.3 Å². The first-order chi connectivity index (χ1) is 13.2. The zero-order chi connectivity index (χ0) is 18.5. The second kappa shape index (κ2) is 5.95. The molecule has 0 saturated heterocycles. The SMILES string of the molecule is CCN1c2ccccc2N(C)c2cc3c(cc21)nc1ccccc1[n+]3CC. The molecule has 4 nitrogen and oxygen atoms in total. The Bertz CT molecular complexity index is 1180. The number of aryl methyl sites for hydroxylation is 1. The van der Waals surface area contributed by atoms with Crippen LogP contribution in [0.3, 0.4) is 0 Å². The van der Waals surface area contributed by atoms with Crippen molar-refractivity contribution in [3.05, 3.63) is 60.7 Å². The smallest absolute Gasteiger partial charge is 0.233 e. The summed E-state index contributed by atoms with van der Waals surface area (Å²) in [6.07, 6.45) is 0. The fourth-order valence-electron chi connectivity index (χ4n) is 4.31. The van der Waals surface area contributed by atoms with E-state index in [-0.39, 0.29) is 0 Å². The summed E-state index contributed by atoms with van der Waals surface area (Å²) in [5.74, 6) is 0. The Labute approximate surface area is 159 Å². The van der Waals surface area contributed by atoms with Gasteiger partial charge in [0.2, 0.25) is 11.0 Å². The van der Waals surface area contributed by atoms with E-state index in [0.29, 0.717) is 0 Å². The average molecular weight is 355 g/mol. The number of anilines is 4. The molecule has 0 unspecified atom stereocenters. The van der Waals surface area contributed by atoms with E-state index in [0.717, 1.165) is 24.1 Å². The van der Waals surface area contributed by atoms with Crippen molar-refractivity contribution in [2.75, 3.05) is 23.4 Å². The summed E-state index contributed by atoms with van der Waals surface area (Å²) in [4.78, 5) is 9.66. The molecule has 0 spiro atoms. The molecule has 134 valence electrons. The fourth-order valence-corrected chi connectivity index (χ4v) is 4.31. The van der Waals surface area contributed by atoms with Gasteiger partial charge in [0.15, 0.2) is 0 Å². The highest BCUT2D eigenvalue weighted by Crippen LogP contribution is 2.47. The molecule has 1 aliphatic rings. The van der Waals surface area contributed by atoms with E-state index in [2.05, 4.69) is 95.9 Å². The van der Waals surface area contributed by atoms with Gasteiger partial charge in [0.25, 0.3) is 0 Å². The highest BCUT2D eigenvalue weighted by atomic mass is 15.3. The summed E-state index contributed by atoms with van der Waals surface area (Å²) in [5.41, 5.74) is 9.37.